The average molecular weight is 331 g/mol. The summed E-state index contributed by atoms with van der Waals surface area (Å²) in [7, 11) is 2.07. The highest BCUT2D eigenvalue weighted by Gasteiger charge is 2.10. The molecule has 0 aliphatic carbocycles. The van der Waals surface area contributed by atoms with Crippen molar-refractivity contribution >= 4 is 33.5 Å². The summed E-state index contributed by atoms with van der Waals surface area (Å²) in [6.07, 6.45) is 2.04. The van der Waals surface area contributed by atoms with Crippen LogP contribution in [0.2, 0.25) is 5.02 Å². The molecule has 1 aromatic rings. The van der Waals surface area contributed by atoms with Gasteiger partial charge in [-0.3, -0.25) is 4.99 Å². The normalized spacial score (nSPS) is 15.5. The van der Waals surface area contributed by atoms with E-state index in [9.17, 15) is 0 Å². The van der Waals surface area contributed by atoms with Gasteiger partial charge in [-0.2, -0.15) is 0 Å². The van der Waals surface area contributed by atoms with Crippen molar-refractivity contribution in [1.82, 2.24) is 10.2 Å². The first-order valence-electron chi connectivity index (χ1n) is 6.10. The van der Waals surface area contributed by atoms with E-state index >= 15 is 0 Å². The molecule has 0 aromatic heterocycles. The van der Waals surface area contributed by atoms with Crippen molar-refractivity contribution in [2.24, 2.45) is 4.99 Å². The van der Waals surface area contributed by atoms with Gasteiger partial charge in [0.05, 0.1) is 0 Å². The Morgan fingerprint density at radius 1 is 1.50 bits per heavy atom. The first-order chi connectivity index (χ1) is 8.66. The first kappa shape index (κ1) is 13.7. The smallest absolute Gasteiger partial charge is 0.193 e. The highest BCUT2D eigenvalue weighted by Crippen LogP contribution is 2.21. The number of aliphatic imine (C=N–C) groups is 1. The van der Waals surface area contributed by atoms with Crippen LogP contribution in [0.25, 0.3) is 0 Å². The second-order valence-corrected chi connectivity index (χ2v) is 5.72. The third-order valence-electron chi connectivity index (χ3n) is 2.97. The topological polar surface area (TPSA) is 27.6 Å². The lowest BCUT2D eigenvalue weighted by Gasteiger charge is -2.25. The molecule has 5 heteroatoms. The number of guanidine groups is 1. The number of rotatable bonds is 3. The molecule has 0 radical (unpaired) electrons. The van der Waals surface area contributed by atoms with E-state index in [1.165, 1.54) is 0 Å². The van der Waals surface area contributed by atoms with E-state index in [2.05, 4.69) is 44.3 Å². The van der Waals surface area contributed by atoms with Gasteiger partial charge in [0.25, 0.3) is 0 Å². The van der Waals surface area contributed by atoms with Gasteiger partial charge in [-0.25, -0.2) is 0 Å². The molecule has 0 unspecified atom stereocenters. The Kier molecular flexibility index (Phi) is 4.89. The van der Waals surface area contributed by atoms with Gasteiger partial charge < -0.3 is 10.2 Å². The zero-order valence-corrected chi connectivity index (χ0v) is 12.8. The first-order valence-corrected chi connectivity index (χ1v) is 7.27. The standard InChI is InChI=1S/C13H17BrClN3/c1-18-8-2-6-16-13(18)17-7-5-10-3-4-11(14)9-12(10)15/h3-4,9H,2,5-8H2,1H3,(H,16,17). The van der Waals surface area contributed by atoms with Crippen molar-refractivity contribution in [3.05, 3.63) is 33.3 Å². The lowest BCUT2D eigenvalue weighted by molar-refractivity contribution is 0.447. The van der Waals surface area contributed by atoms with Gasteiger partial charge in [0, 0.05) is 36.2 Å². The van der Waals surface area contributed by atoms with Gasteiger partial charge in [0.1, 0.15) is 0 Å². The number of benzene rings is 1. The van der Waals surface area contributed by atoms with E-state index in [1.807, 2.05) is 12.1 Å². The highest BCUT2D eigenvalue weighted by molar-refractivity contribution is 9.10. The van der Waals surface area contributed by atoms with E-state index in [0.29, 0.717) is 0 Å². The van der Waals surface area contributed by atoms with Crippen molar-refractivity contribution in [3.63, 3.8) is 0 Å². The van der Waals surface area contributed by atoms with Gasteiger partial charge >= 0.3 is 0 Å². The zero-order chi connectivity index (χ0) is 13.0. The summed E-state index contributed by atoms with van der Waals surface area (Å²) < 4.78 is 1.01. The maximum Gasteiger partial charge on any atom is 0.193 e. The molecule has 1 aromatic carbocycles. The molecular formula is C13H17BrClN3. The van der Waals surface area contributed by atoms with Crippen molar-refractivity contribution in [3.8, 4) is 0 Å². The molecule has 0 amide bonds. The number of halogens is 2. The molecule has 1 aliphatic rings. The minimum atomic E-state index is 0.810. The SMILES string of the molecule is CN1CCCN=C1NCCc1ccc(Br)cc1Cl. The van der Waals surface area contributed by atoms with Gasteiger partial charge in [0.2, 0.25) is 0 Å². The zero-order valence-electron chi connectivity index (χ0n) is 10.4. The van der Waals surface area contributed by atoms with Crippen molar-refractivity contribution in [2.45, 2.75) is 12.8 Å². The molecule has 1 heterocycles. The second kappa shape index (κ2) is 6.43. The Morgan fingerprint density at radius 2 is 2.33 bits per heavy atom. The van der Waals surface area contributed by atoms with Crippen LogP contribution in [0.1, 0.15) is 12.0 Å². The Hall–Kier alpha value is -0.740. The molecule has 0 spiro atoms. The largest absolute Gasteiger partial charge is 0.356 e. The molecule has 2 rings (SSSR count). The quantitative estimate of drug-likeness (QED) is 0.923. The molecule has 0 fully saturated rings. The van der Waals surface area contributed by atoms with Crippen LogP contribution in [0.5, 0.6) is 0 Å². The number of nitrogens with zero attached hydrogens (tertiary/aromatic N) is 2. The summed E-state index contributed by atoms with van der Waals surface area (Å²) in [6, 6.07) is 6.01. The van der Waals surface area contributed by atoms with Crippen LogP contribution >= 0.6 is 27.5 Å². The fourth-order valence-electron chi connectivity index (χ4n) is 1.94. The Balaban J connectivity index is 1.86. The van der Waals surface area contributed by atoms with Crippen LogP contribution in [0.15, 0.2) is 27.7 Å². The monoisotopic (exact) mass is 329 g/mol. The van der Waals surface area contributed by atoms with E-state index in [0.717, 1.165) is 53.5 Å². The van der Waals surface area contributed by atoms with Crippen LogP contribution in [-0.4, -0.2) is 37.5 Å². The summed E-state index contributed by atoms with van der Waals surface area (Å²) >= 11 is 9.59. The van der Waals surface area contributed by atoms with Crippen LogP contribution < -0.4 is 5.32 Å². The number of nitrogens with one attached hydrogen (secondary N) is 1. The molecule has 1 N–H and O–H groups in total. The lowest BCUT2D eigenvalue weighted by Crippen LogP contribution is -2.42. The minimum absolute atomic E-state index is 0.810. The summed E-state index contributed by atoms with van der Waals surface area (Å²) in [4.78, 5) is 6.63. The van der Waals surface area contributed by atoms with Crippen molar-refractivity contribution in [1.29, 1.82) is 0 Å². The molecule has 0 atom stereocenters. The molecule has 98 valence electrons. The number of hydrogen-bond acceptors (Lipinski definition) is 3. The highest BCUT2D eigenvalue weighted by atomic mass is 79.9. The van der Waals surface area contributed by atoms with Crippen LogP contribution in [0, 0.1) is 0 Å². The third kappa shape index (κ3) is 3.62. The van der Waals surface area contributed by atoms with Crippen LogP contribution in [-0.2, 0) is 6.42 Å². The van der Waals surface area contributed by atoms with Crippen molar-refractivity contribution in [2.75, 3.05) is 26.7 Å². The maximum atomic E-state index is 6.18. The van der Waals surface area contributed by atoms with Gasteiger partial charge in [-0.05, 0) is 30.5 Å². The summed E-state index contributed by atoms with van der Waals surface area (Å²) in [6.45, 7) is 2.85. The van der Waals surface area contributed by atoms with E-state index in [4.69, 9.17) is 11.6 Å². The average Bonchev–Trinajstić information content (AvgIpc) is 2.34. The number of hydrogen-bond donors (Lipinski definition) is 1. The van der Waals surface area contributed by atoms with E-state index in [1.54, 1.807) is 0 Å². The summed E-state index contributed by atoms with van der Waals surface area (Å²) in [5.41, 5.74) is 1.16. The Morgan fingerprint density at radius 3 is 3.06 bits per heavy atom. The minimum Gasteiger partial charge on any atom is -0.356 e. The van der Waals surface area contributed by atoms with Gasteiger partial charge in [0.15, 0.2) is 5.96 Å². The molecule has 0 saturated carbocycles. The molecule has 0 saturated heterocycles. The van der Waals surface area contributed by atoms with E-state index in [-0.39, 0.29) is 0 Å². The fraction of sp³-hybridized carbons (Fsp3) is 0.462. The molecule has 1 aliphatic heterocycles. The predicted octanol–water partition coefficient (Wildman–Crippen LogP) is 2.93. The van der Waals surface area contributed by atoms with Gasteiger partial charge in [-0.15, -0.1) is 0 Å². The van der Waals surface area contributed by atoms with Crippen LogP contribution in [0.4, 0.5) is 0 Å². The third-order valence-corrected chi connectivity index (χ3v) is 3.81. The second-order valence-electron chi connectivity index (χ2n) is 4.39. The summed E-state index contributed by atoms with van der Waals surface area (Å²) in [5, 5.41) is 4.18. The van der Waals surface area contributed by atoms with E-state index < -0.39 is 0 Å². The Labute approximate surface area is 121 Å². The fourth-order valence-corrected chi connectivity index (χ4v) is 2.71. The maximum absolute atomic E-state index is 6.18. The van der Waals surface area contributed by atoms with Crippen LogP contribution in [0.3, 0.4) is 0 Å². The predicted molar refractivity (Wildman–Crippen MR) is 80.4 cm³/mol. The lowest BCUT2D eigenvalue weighted by atomic mass is 10.1. The molecular weight excluding hydrogens is 314 g/mol. The Bertz CT molecular complexity index is 448. The summed E-state index contributed by atoms with van der Waals surface area (Å²) in [5.74, 6) is 0.995. The van der Waals surface area contributed by atoms with Gasteiger partial charge in [-0.1, -0.05) is 33.6 Å². The molecule has 0 bridgehead atoms. The molecule has 18 heavy (non-hydrogen) atoms. The van der Waals surface area contributed by atoms with Crippen molar-refractivity contribution < 1.29 is 0 Å². The molecule has 3 nitrogen and oxygen atoms in total.